The second-order valence-corrected chi connectivity index (χ2v) is 6.90. The van der Waals surface area contributed by atoms with E-state index in [9.17, 15) is 14.7 Å². The molecule has 0 aliphatic rings. The minimum Gasteiger partial charge on any atom is -0.479 e. The van der Waals surface area contributed by atoms with E-state index in [4.69, 9.17) is 0 Å². The predicted molar refractivity (Wildman–Crippen MR) is 99.6 cm³/mol. The van der Waals surface area contributed by atoms with E-state index >= 15 is 0 Å². The van der Waals surface area contributed by atoms with Crippen molar-refractivity contribution in [2.45, 2.75) is 38.8 Å². The van der Waals surface area contributed by atoms with Crippen LogP contribution in [0.2, 0.25) is 0 Å². The lowest BCUT2D eigenvalue weighted by molar-refractivity contribution is -0.146. The number of aromatic nitrogens is 6. The molecule has 1 aromatic carbocycles. The van der Waals surface area contributed by atoms with Crippen molar-refractivity contribution >= 4 is 17.6 Å². The summed E-state index contributed by atoms with van der Waals surface area (Å²) in [7, 11) is 0. The molecule has 0 aliphatic heterocycles. The molecule has 0 radical (unpaired) electrons. The van der Waals surface area contributed by atoms with Crippen LogP contribution in [0.25, 0.3) is 0 Å². The highest BCUT2D eigenvalue weighted by Crippen LogP contribution is 2.20. The molecule has 1 atom stereocenters. The second-order valence-electron chi connectivity index (χ2n) is 6.90. The zero-order valence-corrected chi connectivity index (χ0v) is 15.8. The zero-order chi connectivity index (χ0) is 20.3. The Balaban J connectivity index is 1.83. The highest BCUT2D eigenvalue weighted by Gasteiger charge is 2.31. The van der Waals surface area contributed by atoms with Crippen LogP contribution in [0.5, 0.6) is 0 Å². The van der Waals surface area contributed by atoms with Gasteiger partial charge in [-0.2, -0.15) is 5.10 Å². The van der Waals surface area contributed by atoms with Gasteiger partial charge in [0.25, 0.3) is 0 Å². The zero-order valence-electron chi connectivity index (χ0n) is 15.8. The van der Waals surface area contributed by atoms with Crippen molar-refractivity contribution in [1.82, 2.24) is 30.0 Å². The number of nitrogens with zero attached hydrogens (tertiary/aromatic N) is 6. The molecule has 0 fully saturated rings. The average Bonchev–Trinajstić information content (AvgIpc) is 3.30. The van der Waals surface area contributed by atoms with Crippen LogP contribution in [-0.2, 0) is 21.5 Å². The lowest BCUT2D eigenvalue weighted by Crippen LogP contribution is -2.36. The van der Waals surface area contributed by atoms with Crippen LogP contribution < -0.4 is 5.32 Å². The van der Waals surface area contributed by atoms with Gasteiger partial charge in [0.05, 0.1) is 11.9 Å². The van der Waals surface area contributed by atoms with Gasteiger partial charge in [0, 0.05) is 12.6 Å². The first kappa shape index (κ1) is 19.2. The molecule has 10 nitrogen and oxygen atoms in total. The Kier molecular flexibility index (Phi) is 5.21. The van der Waals surface area contributed by atoms with Crippen molar-refractivity contribution in [2.24, 2.45) is 0 Å². The molecule has 28 heavy (non-hydrogen) atoms. The van der Waals surface area contributed by atoms with Crippen LogP contribution in [0.15, 0.2) is 42.7 Å². The first-order valence-corrected chi connectivity index (χ1v) is 8.67. The molecule has 1 amide bonds. The largest absolute Gasteiger partial charge is 0.479 e. The number of aliphatic carboxylic acids is 1. The summed E-state index contributed by atoms with van der Waals surface area (Å²) in [6, 6.07) is 8.87. The van der Waals surface area contributed by atoms with Crippen LogP contribution in [0.1, 0.15) is 31.3 Å². The normalized spacial score (nSPS) is 12.5. The molecular weight excluding hydrogens is 362 g/mol. The molecule has 2 N–H and O–H groups in total. The lowest BCUT2D eigenvalue weighted by Gasteiger charge is -2.19. The minimum absolute atomic E-state index is 0.327. The Morgan fingerprint density at radius 3 is 2.57 bits per heavy atom. The van der Waals surface area contributed by atoms with Crippen LogP contribution in [0.3, 0.4) is 0 Å². The summed E-state index contributed by atoms with van der Waals surface area (Å²) in [6.07, 6.45) is 3.29. The fourth-order valence-electron chi connectivity index (χ4n) is 2.67. The number of carboxylic acids is 1. The minimum atomic E-state index is -1.24. The first-order chi connectivity index (χ1) is 13.3. The summed E-state index contributed by atoms with van der Waals surface area (Å²) in [5, 5.41) is 27.6. The standard InChI is InChI=1S/C18H21N7O3/c1-12-21-22-23-25(12)15(9-13-7-5-4-6-8-13)16(26)20-14-10-19-24(11-14)18(2,3)17(27)28/h4-8,10-11,15H,9H2,1-3H3,(H,20,26)(H,27,28). The van der Waals surface area contributed by atoms with E-state index < -0.39 is 17.6 Å². The third kappa shape index (κ3) is 3.90. The summed E-state index contributed by atoms with van der Waals surface area (Å²) >= 11 is 0. The number of nitrogens with one attached hydrogen (secondary N) is 1. The van der Waals surface area contributed by atoms with Crippen molar-refractivity contribution in [3.63, 3.8) is 0 Å². The Morgan fingerprint density at radius 1 is 1.25 bits per heavy atom. The molecule has 0 aliphatic carbocycles. The number of benzene rings is 1. The van der Waals surface area contributed by atoms with Gasteiger partial charge in [-0.25, -0.2) is 9.48 Å². The van der Waals surface area contributed by atoms with Gasteiger partial charge in [0.2, 0.25) is 5.91 Å². The summed E-state index contributed by atoms with van der Waals surface area (Å²) < 4.78 is 2.76. The molecule has 3 rings (SSSR count). The number of rotatable bonds is 7. The second kappa shape index (κ2) is 7.59. The molecular formula is C18H21N7O3. The number of hydrogen-bond acceptors (Lipinski definition) is 6. The van der Waals surface area contributed by atoms with Gasteiger partial charge in [-0.1, -0.05) is 30.3 Å². The lowest BCUT2D eigenvalue weighted by atomic mass is 10.1. The molecule has 3 aromatic rings. The van der Waals surface area contributed by atoms with Gasteiger partial charge in [0.15, 0.2) is 5.54 Å². The number of tetrazole rings is 1. The summed E-state index contributed by atoms with van der Waals surface area (Å²) in [6.45, 7) is 4.77. The Morgan fingerprint density at radius 2 is 1.96 bits per heavy atom. The number of carbonyl (C=O) groups is 2. The van der Waals surface area contributed by atoms with Crippen molar-refractivity contribution in [2.75, 3.05) is 5.32 Å². The van der Waals surface area contributed by atoms with Crippen molar-refractivity contribution in [1.29, 1.82) is 0 Å². The van der Waals surface area contributed by atoms with Crippen molar-refractivity contribution < 1.29 is 14.7 Å². The summed E-state index contributed by atoms with van der Waals surface area (Å²) in [5.74, 6) is -0.842. The van der Waals surface area contributed by atoms with Gasteiger partial charge >= 0.3 is 5.97 Å². The van der Waals surface area contributed by atoms with Gasteiger partial charge in [-0.3, -0.25) is 9.48 Å². The van der Waals surface area contributed by atoms with Gasteiger partial charge in [-0.05, 0) is 36.8 Å². The Labute approximate surface area is 161 Å². The number of carbonyl (C=O) groups excluding carboxylic acids is 1. The quantitative estimate of drug-likeness (QED) is 0.631. The van der Waals surface area contributed by atoms with E-state index in [-0.39, 0.29) is 5.91 Å². The van der Waals surface area contributed by atoms with E-state index in [1.54, 1.807) is 6.92 Å². The smallest absolute Gasteiger partial charge is 0.331 e. The summed E-state index contributed by atoms with van der Waals surface area (Å²) in [4.78, 5) is 24.4. The van der Waals surface area contributed by atoms with E-state index in [0.717, 1.165) is 5.56 Å². The van der Waals surface area contributed by atoms with Gasteiger partial charge in [-0.15, -0.1) is 5.10 Å². The molecule has 146 valence electrons. The number of hydrogen-bond donors (Lipinski definition) is 2. The number of carboxylic acid groups (broad SMARTS) is 1. The van der Waals surface area contributed by atoms with Crippen molar-refractivity contribution in [3.05, 3.63) is 54.1 Å². The highest BCUT2D eigenvalue weighted by atomic mass is 16.4. The monoisotopic (exact) mass is 383 g/mol. The fraction of sp³-hybridized carbons (Fsp3) is 0.333. The van der Waals surface area contributed by atoms with E-state index in [0.29, 0.717) is 17.9 Å². The SMILES string of the molecule is Cc1nnnn1C(Cc1ccccc1)C(=O)Nc1cnn(C(C)(C)C(=O)O)c1. The predicted octanol–water partition coefficient (Wildman–Crippen LogP) is 1.42. The molecule has 2 aromatic heterocycles. The third-order valence-corrected chi connectivity index (χ3v) is 4.47. The first-order valence-electron chi connectivity index (χ1n) is 8.67. The molecule has 0 spiro atoms. The van der Waals surface area contributed by atoms with E-state index in [1.165, 1.54) is 35.6 Å². The summed E-state index contributed by atoms with van der Waals surface area (Å²) in [5.41, 5.74) is 0.113. The highest BCUT2D eigenvalue weighted by molar-refractivity contribution is 5.93. The maximum Gasteiger partial charge on any atom is 0.331 e. The van der Waals surface area contributed by atoms with Gasteiger partial charge < -0.3 is 10.4 Å². The van der Waals surface area contributed by atoms with E-state index in [1.807, 2.05) is 30.3 Å². The van der Waals surface area contributed by atoms with Gasteiger partial charge in [0.1, 0.15) is 11.9 Å². The van der Waals surface area contributed by atoms with E-state index in [2.05, 4.69) is 25.9 Å². The molecule has 2 heterocycles. The molecule has 0 saturated carbocycles. The number of anilines is 1. The topological polar surface area (TPSA) is 128 Å². The number of amides is 1. The van der Waals surface area contributed by atoms with Crippen LogP contribution in [-0.4, -0.2) is 47.0 Å². The molecule has 10 heteroatoms. The van der Waals surface area contributed by atoms with Crippen LogP contribution in [0.4, 0.5) is 5.69 Å². The number of aryl methyl sites for hydroxylation is 1. The maximum atomic E-state index is 13.0. The maximum absolute atomic E-state index is 13.0. The van der Waals surface area contributed by atoms with Crippen LogP contribution in [0, 0.1) is 6.92 Å². The molecule has 1 unspecified atom stereocenters. The van der Waals surface area contributed by atoms with Crippen molar-refractivity contribution in [3.8, 4) is 0 Å². The molecule has 0 saturated heterocycles. The fourth-order valence-corrected chi connectivity index (χ4v) is 2.67. The third-order valence-electron chi connectivity index (χ3n) is 4.47. The average molecular weight is 383 g/mol. The Bertz CT molecular complexity index is 978. The molecule has 0 bridgehead atoms. The van der Waals surface area contributed by atoms with Crippen LogP contribution >= 0.6 is 0 Å². The Hall–Kier alpha value is -3.56.